The zero-order chi connectivity index (χ0) is 21.6. The molecule has 1 amide bonds. The van der Waals surface area contributed by atoms with Crippen LogP contribution < -0.4 is 10.0 Å². The van der Waals surface area contributed by atoms with Crippen molar-refractivity contribution in [2.75, 3.05) is 11.9 Å². The lowest BCUT2D eigenvalue weighted by atomic mass is 10.2. The number of rotatable bonds is 8. The maximum absolute atomic E-state index is 13.6. The number of ether oxygens (including phenoxy) is 1. The third kappa shape index (κ3) is 5.97. The van der Waals surface area contributed by atoms with Gasteiger partial charge in [0.1, 0.15) is 5.82 Å². The molecule has 154 valence electrons. The third-order valence-corrected chi connectivity index (χ3v) is 5.35. The molecule has 0 aliphatic carbocycles. The van der Waals surface area contributed by atoms with Gasteiger partial charge in [-0.2, -0.15) is 0 Å². The number of aryl methyl sites for hydroxylation is 1. The standard InChI is InChI=1S/C20H21FN2O5S/c1-4-11-22-29(26,27)17-9-6-15(7-10-17)20(25)28-14(3)19(24)23-16-8-5-13(2)18(21)12-16/h4-10,12,14,22H,1,11H2,2-3H3,(H,23,24)/t14-/m1/s1. The highest BCUT2D eigenvalue weighted by Crippen LogP contribution is 2.15. The molecule has 0 radical (unpaired) electrons. The average Bonchev–Trinajstić information content (AvgIpc) is 2.69. The fraction of sp³-hybridized carbons (Fsp3) is 0.200. The van der Waals surface area contributed by atoms with E-state index in [0.717, 1.165) is 0 Å². The summed E-state index contributed by atoms with van der Waals surface area (Å²) in [6.07, 6.45) is 0.255. The van der Waals surface area contributed by atoms with Gasteiger partial charge >= 0.3 is 5.97 Å². The van der Waals surface area contributed by atoms with Crippen LogP contribution in [0.15, 0.2) is 60.0 Å². The molecule has 0 spiro atoms. The molecule has 0 saturated carbocycles. The minimum absolute atomic E-state index is 0.0249. The van der Waals surface area contributed by atoms with Crippen LogP contribution >= 0.6 is 0 Å². The lowest BCUT2D eigenvalue weighted by Gasteiger charge is -2.14. The molecule has 0 heterocycles. The lowest BCUT2D eigenvalue weighted by Crippen LogP contribution is -2.30. The predicted molar refractivity (Wildman–Crippen MR) is 106 cm³/mol. The summed E-state index contributed by atoms with van der Waals surface area (Å²) in [5.74, 6) is -1.90. The normalized spacial score (nSPS) is 12.1. The highest BCUT2D eigenvalue weighted by Gasteiger charge is 2.20. The Morgan fingerprint density at radius 3 is 2.45 bits per heavy atom. The molecular weight excluding hydrogens is 399 g/mol. The van der Waals surface area contributed by atoms with Crippen LogP contribution in [0, 0.1) is 12.7 Å². The van der Waals surface area contributed by atoms with E-state index < -0.39 is 33.8 Å². The van der Waals surface area contributed by atoms with Gasteiger partial charge in [0.15, 0.2) is 6.10 Å². The molecular formula is C20H21FN2O5S. The van der Waals surface area contributed by atoms with E-state index in [0.29, 0.717) is 5.56 Å². The maximum atomic E-state index is 13.6. The molecule has 29 heavy (non-hydrogen) atoms. The second-order valence-electron chi connectivity index (χ2n) is 6.17. The summed E-state index contributed by atoms with van der Waals surface area (Å²) in [5, 5.41) is 2.46. The summed E-state index contributed by atoms with van der Waals surface area (Å²) in [4.78, 5) is 24.3. The smallest absolute Gasteiger partial charge is 0.338 e. The molecule has 2 aromatic carbocycles. The fourth-order valence-electron chi connectivity index (χ4n) is 2.22. The summed E-state index contributed by atoms with van der Waals surface area (Å²) < 4.78 is 45.0. The van der Waals surface area contributed by atoms with Crippen LogP contribution in [0.3, 0.4) is 0 Å². The van der Waals surface area contributed by atoms with E-state index in [9.17, 15) is 22.4 Å². The van der Waals surface area contributed by atoms with Gasteiger partial charge in [0, 0.05) is 12.2 Å². The first-order valence-electron chi connectivity index (χ1n) is 8.62. The molecule has 0 aromatic heterocycles. The van der Waals surface area contributed by atoms with Crippen molar-refractivity contribution in [3.05, 3.63) is 72.1 Å². The van der Waals surface area contributed by atoms with Crippen LogP contribution in [0.5, 0.6) is 0 Å². The quantitative estimate of drug-likeness (QED) is 0.505. The van der Waals surface area contributed by atoms with Crippen LogP contribution in [0.1, 0.15) is 22.8 Å². The van der Waals surface area contributed by atoms with Crippen molar-refractivity contribution in [1.29, 1.82) is 0 Å². The predicted octanol–water partition coefficient (Wildman–Crippen LogP) is 2.78. The van der Waals surface area contributed by atoms with Gasteiger partial charge in [-0.3, -0.25) is 4.79 Å². The Hall–Kier alpha value is -3.04. The van der Waals surface area contributed by atoms with Crippen LogP contribution in [0.25, 0.3) is 0 Å². The fourth-order valence-corrected chi connectivity index (χ4v) is 3.22. The topological polar surface area (TPSA) is 102 Å². The van der Waals surface area contributed by atoms with E-state index >= 15 is 0 Å². The number of anilines is 1. The summed E-state index contributed by atoms with van der Waals surface area (Å²) in [5.41, 5.74) is 0.754. The molecule has 2 rings (SSSR count). The van der Waals surface area contributed by atoms with Crippen LogP contribution in [0.2, 0.25) is 0 Å². The molecule has 0 aliphatic heterocycles. The summed E-state index contributed by atoms with van der Waals surface area (Å²) in [6.45, 7) is 6.47. The number of halogens is 1. The van der Waals surface area contributed by atoms with Crippen molar-refractivity contribution in [3.63, 3.8) is 0 Å². The first-order chi connectivity index (χ1) is 13.6. The van der Waals surface area contributed by atoms with E-state index in [1.54, 1.807) is 6.92 Å². The average molecular weight is 420 g/mol. The second-order valence-corrected chi connectivity index (χ2v) is 7.93. The molecule has 2 N–H and O–H groups in total. The zero-order valence-electron chi connectivity index (χ0n) is 15.9. The van der Waals surface area contributed by atoms with Gasteiger partial charge in [-0.1, -0.05) is 12.1 Å². The zero-order valence-corrected chi connectivity index (χ0v) is 16.8. The van der Waals surface area contributed by atoms with Crippen molar-refractivity contribution in [3.8, 4) is 0 Å². The van der Waals surface area contributed by atoms with E-state index in [1.165, 1.54) is 55.5 Å². The number of benzene rings is 2. The number of nitrogens with one attached hydrogen (secondary N) is 2. The Labute approximate surface area is 168 Å². The van der Waals surface area contributed by atoms with Gasteiger partial charge in [-0.05, 0) is 55.8 Å². The molecule has 0 bridgehead atoms. The van der Waals surface area contributed by atoms with Gasteiger partial charge in [-0.25, -0.2) is 22.3 Å². The van der Waals surface area contributed by atoms with Crippen molar-refractivity contribution < 1.29 is 27.1 Å². The van der Waals surface area contributed by atoms with Crippen LogP contribution in [-0.4, -0.2) is 32.9 Å². The first-order valence-corrected chi connectivity index (χ1v) is 10.1. The Morgan fingerprint density at radius 2 is 1.86 bits per heavy atom. The minimum atomic E-state index is -3.71. The highest BCUT2D eigenvalue weighted by atomic mass is 32.2. The largest absolute Gasteiger partial charge is 0.449 e. The monoisotopic (exact) mass is 420 g/mol. The van der Waals surface area contributed by atoms with Gasteiger partial charge in [0.25, 0.3) is 5.91 Å². The second kappa shape index (κ2) is 9.44. The maximum Gasteiger partial charge on any atom is 0.338 e. The number of esters is 1. The van der Waals surface area contributed by atoms with E-state index in [2.05, 4.69) is 16.6 Å². The molecule has 0 unspecified atom stereocenters. The molecule has 9 heteroatoms. The number of carbonyl (C=O) groups excluding carboxylic acids is 2. The van der Waals surface area contributed by atoms with E-state index in [4.69, 9.17) is 4.74 Å². The molecule has 0 saturated heterocycles. The number of carbonyl (C=O) groups is 2. The molecule has 0 aliphatic rings. The lowest BCUT2D eigenvalue weighted by molar-refractivity contribution is -0.123. The summed E-state index contributed by atoms with van der Waals surface area (Å²) in [7, 11) is -3.71. The number of sulfonamides is 1. The number of hydrogen-bond acceptors (Lipinski definition) is 5. The third-order valence-electron chi connectivity index (χ3n) is 3.91. The van der Waals surface area contributed by atoms with Gasteiger partial charge in [0.05, 0.1) is 10.5 Å². The Morgan fingerprint density at radius 1 is 1.21 bits per heavy atom. The SMILES string of the molecule is C=CCNS(=O)(=O)c1ccc(C(=O)O[C@H](C)C(=O)Nc2ccc(C)c(F)c2)cc1. The summed E-state index contributed by atoms with van der Waals surface area (Å²) in [6, 6.07) is 9.28. The van der Waals surface area contributed by atoms with Crippen molar-refractivity contribution in [2.45, 2.75) is 24.8 Å². The van der Waals surface area contributed by atoms with E-state index in [1.807, 2.05) is 0 Å². The Kier molecular flexibility index (Phi) is 7.24. The first kappa shape index (κ1) is 22.3. The molecule has 2 aromatic rings. The Balaban J connectivity index is 2.00. The van der Waals surface area contributed by atoms with E-state index in [-0.39, 0.29) is 22.7 Å². The van der Waals surface area contributed by atoms with Crippen LogP contribution in [-0.2, 0) is 19.6 Å². The number of amides is 1. The highest BCUT2D eigenvalue weighted by molar-refractivity contribution is 7.89. The van der Waals surface area contributed by atoms with Gasteiger partial charge < -0.3 is 10.1 Å². The van der Waals surface area contributed by atoms with Crippen molar-refractivity contribution in [1.82, 2.24) is 4.72 Å². The van der Waals surface area contributed by atoms with Gasteiger partial charge in [-0.15, -0.1) is 6.58 Å². The van der Waals surface area contributed by atoms with Crippen molar-refractivity contribution >= 4 is 27.6 Å². The number of hydrogen-bond donors (Lipinski definition) is 2. The molecule has 7 nitrogen and oxygen atoms in total. The van der Waals surface area contributed by atoms with Crippen molar-refractivity contribution in [2.24, 2.45) is 0 Å². The molecule has 1 atom stereocenters. The Bertz CT molecular complexity index is 1020. The summed E-state index contributed by atoms with van der Waals surface area (Å²) >= 11 is 0. The van der Waals surface area contributed by atoms with Crippen LogP contribution in [0.4, 0.5) is 10.1 Å². The van der Waals surface area contributed by atoms with Gasteiger partial charge in [0.2, 0.25) is 10.0 Å². The molecule has 0 fully saturated rings. The minimum Gasteiger partial charge on any atom is -0.449 e.